The molecule has 28 heavy (non-hydrogen) atoms. The van der Waals surface area contributed by atoms with Crippen molar-refractivity contribution in [1.82, 2.24) is 0 Å². The van der Waals surface area contributed by atoms with E-state index in [2.05, 4.69) is 53.0 Å². The molecule has 2 rings (SSSR count). The standard InChI is InChI=1S/C27H48O/c1-8-10-11-12-16-23-19-20-26(6)24(22(5)15-13-14-21(3)4)17-18-25(26)27(23,9-2)28-7/h8-9,21-25H,1-2,10-20H2,3-7H3/t22-,23-,24-,25-,26-,27+/m1/s1. The van der Waals surface area contributed by atoms with Gasteiger partial charge in [-0.25, -0.2) is 0 Å². The first-order valence-corrected chi connectivity index (χ1v) is 12.1. The Morgan fingerprint density at radius 3 is 2.39 bits per heavy atom. The molecular weight excluding hydrogens is 340 g/mol. The number of rotatable bonds is 12. The van der Waals surface area contributed by atoms with Gasteiger partial charge in [-0.3, -0.25) is 0 Å². The van der Waals surface area contributed by atoms with Crippen molar-refractivity contribution in [2.75, 3.05) is 7.11 Å². The van der Waals surface area contributed by atoms with Crippen LogP contribution in [0.1, 0.15) is 98.3 Å². The minimum atomic E-state index is -0.117. The maximum absolute atomic E-state index is 6.38. The van der Waals surface area contributed by atoms with Gasteiger partial charge in [0.05, 0.1) is 5.60 Å². The average Bonchev–Trinajstić information content (AvgIpc) is 3.02. The number of fused-ring (bicyclic) bond motifs is 1. The molecule has 2 aliphatic carbocycles. The molecule has 0 radical (unpaired) electrons. The van der Waals surface area contributed by atoms with E-state index in [9.17, 15) is 0 Å². The predicted molar refractivity (Wildman–Crippen MR) is 124 cm³/mol. The van der Waals surface area contributed by atoms with E-state index in [0.29, 0.717) is 17.3 Å². The Balaban J connectivity index is 2.11. The molecular formula is C27H48O. The molecule has 2 fully saturated rings. The van der Waals surface area contributed by atoms with Crippen molar-refractivity contribution >= 4 is 0 Å². The number of hydrogen-bond donors (Lipinski definition) is 0. The Hall–Kier alpha value is -0.560. The van der Waals surface area contributed by atoms with E-state index in [0.717, 1.165) is 24.2 Å². The summed E-state index contributed by atoms with van der Waals surface area (Å²) in [6, 6.07) is 0. The normalized spacial score (nSPS) is 36.3. The highest BCUT2D eigenvalue weighted by Crippen LogP contribution is 2.64. The van der Waals surface area contributed by atoms with Crippen molar-refractivity contribution in [3.8, 4) is 0 Å². The van der Waals surface area contributed by atoms with Crippen LogP contribution in [0.4, 0.5) is 0 Å². The Morgan fingerprint density at radius 2 is 1.79 bits per heavy atom. The van der Waals surface area contributed by atoms with Crippen molar-refractivity contribution < 1.29 is 4.74 Å². The third-order valence-corrected chi connectivity index (χ3v) is 8.63. The van der Waals surface area contributed by atoms with Gasteiger partial charge in [0.15, 0.2) is 0 Å². The second-order valence-electron chi connectivity index (χ2n) is 10.6. The molecule has 6 atom stereocenters. The van der Waals surface area contributed by atoms with E-state index in [1.165, 1.54) is 64.2 Å². The molecule has 1 nitrogen and oxygen atoms in total. The molecule has 0 N–H and O–H groups in total. The fourth-order valence-corrected chi connectivity index (χ4v) is 7.09. The second-order valence-corrected chi connectivity index (χ2v) is 10.6. The van der Waals surface area contributed by atoms with Crippen LogP contribution in [0.25, 0.3) is 0 Å². The van der Waals surface area contributed by atoms with Crippen molar-refractivity contribution in [1.29, 1.82) is 0 Å². The lowest BCUT2D eigenvalue weighted by Gasteiger charge is -2.55. The largest absolute Gasteiger partial charge is 0.374 e. The third-order valence-electron chi connectivity index (χ3n) is 8.63. The van der Waals surface area contributed by atoms with Crippen molar-refractivity contribution in [2.24, 2.45) is 35.0 Å². The first-order chi connectivity index (χ1) is 13.4. The van der Waals surface area contributed by atoms with Gasteiger partial charge in [0, 0.05) is 7.11 Å². The van der Waals surface area contributed by atoms with Crippen LogP contribution >= 0.6 is 0 Å². The van der Waals surface area contributed by atoms with Gasteiger partial charge < -0.3 is 4.74 Å². The summed E-state index contributed by atoms with van der Waals surface area (Å²) >= 11 is 0. The zero-order chi connectivity index (χ0) is 20.8. The molecule has 0 saturated heterocycles. The predicted octanol–water partition coefficient (Wildman–Crippen LogP) is 8.21. The highest BCUT2D eigenvalue weighted by atomic mass is 16.5. The number of hydrogen-bond acceptors (Lipinski definition) is 1. The fourth-order valence-electron chi connectivity index (χ4n) is 7.09. The third kappa shape index (κ3) is 4.77. The van der Waals surface area contributed by atoms with Crippen molar-refractivity contribution in [2.45, 2.75) is 104 Å². The van der Waals surface area contributed by atoms with Gasteiger partial charge in [-0.15, -0.1) is 13.2 Å². The van der Waals surface area contributed by atoms with Gasteiger partial charge in [-0.2, -0.15) is 0 Å². The fraction of sp³-hybridized carbons (Fsp3) is 0.852. The highest BCUT2D eigenvalue weighted by molar-refractivity contribution is 5.17. The molecule has 0 bridgehead atoms. The van der Waals surface area contributed by atoms with Gasteiger partial charge in [0.1, 0.15) is 0 Å². The van der Waals surface area contributed by atoms with Crippen LogP contribution in [0, 0.1) is 35.0 Å². The van der Waals surface area contributed by atoms with Crippen LogP contribution in [0.3, 0.4) is 0 Å². The second kappa shape index (κ2) is 10.5. The number of methoxy groups -OCH3 is 1. The molecule has 0 aliphatic heterocycles. The molecule has 0 aromatic carbocycles. The summed E-state index contributed by atoms with van der Waals surface area (Å²) in [7, 11) is 1.95. The summed E-state index contributed by atoms with van der Waals surface area (Å²) in [4.78, 5) is 0. The molecule has 0 spiro atoms. The van der Waals surface area contributed by atoms with Crippen LogP contribution in [0.5, 0.6) is 0 Å². The van der Waals surface area contributed by atoms with E-state index < -0.39 is 0 Å². The zero-order valence-corrected chi connectivity index (χ0v) is 19.6. The van der Waals surface area contributed by atoms with Crippen LogP contribution in [-0.4, -0.2) is 12.7 Å². The van der Waals surface area contributed by atoms with Crippen molar-refractivity contribution in [3.63, 3.8) is 0 Å². The van der Waals surface area contributed by atoms with E-state index in [4.69, 9.17) is 4.74 Å². The van der Waals surface area contributed by atoms with Gasteiger partial charge in [-0.05, 0) is 80.0 Å². The summed E-state index contributed by atoms with van der Waals surface area (Å²) in [5.74, 6) is 3.78. The molecule has 2 aliphatic rings. The molecule has 0 aromatic rings. The van der Waals surface area contributed by atoms with E-state index in [-0.39, 0.29) is 5.60 Å². The number of ether oxygens (including phenoxy) is 1. The zero-order valence-electron chi connectivity index (χ0n) is 19.6. The monoisotopic (exact) mass is 388 g/mol. The highest BCUT2D eigenvalue weighted by Gasteiger charge is 2.60. The molecule has 2 saturated carbocycles. The Kier molecular flexibility index (Phi) is 8.86. The van der Waals surface area contributed by atoms with Gasteiger partial charge in [0.25, 0.3) is 0 Å². The minimum absolute atomic E-state index is 0.117. The average molecular weight is 389 g/mol. The molecule has 162 valence electrons. The lowest BCUT2D eigenvalue weighted by Crippen LogP contribution is -2.55. The molecule has 0 heterocycles. The SMILES string of the molecule is C=CCCCC[C@@H]1CC[C@]2(C)[C@@H]([C@H](C)CCCC(C)C)CC[C@H]2[C@@]1(C=C)OC. The first-order valence-electron chi connectivity index (χ1n) is 12.1. The van der Waals surface area contributed by atoms with Gasteiger partial charge >= 0.3 is 0 Å². The van der Waals surface area contributed by atoms with Crippen LogP contribution in [-0.2, 0) is 4.74 Å². The number of allylic oxidation sites excluding steroid dienone is 1. The summed E-state index contributed by atoms with van der Waals surface area (Å²) in [6.45, 7) is 18.0. The molecule has 0 unspecified atom stereocenters. The summed E-state index contributed by atoms with van der Waals surface area (Å²) < 4.78 is 6.38. The van der Waals surface area contributed by atoms with E-state index in [1.54, 1.807) is 0 Å². The smallest absolute Gasteiger partial charge is 0.0917 e. The summed E-state index contributed by atoms with van der Waals surface area (Å²) in [6.07, 6.45) is 18.7. The lowest BCUT2D eigenvalue weighted by molar-refractivity contribution is -0.139. The van der Waals surface area contributed by atoms with Crippen LogP contribution in [0.2, 0.25) is 0 Å². The van der Waals surface area contributed by atoms with Gasteiger partial charge in [0.2, 0.25) is 0 Å². The van der Waals surface area contributed by atoms with Gasteiger partial charge in [-0.1, -0.05) is 65.5 Å². The molecule has 0 aromatic heterocycles. The molecule has 1 heteroatoms. The minimum Gasteiger partial charge on any atom is -0.374 e. The van der Waals surface area contributed by atoms with Crippen LogP contribution < -0.4 is 0 Å². The van der Waals surface area contributed by atoms with E-state index in [1.807, 2.05) is 7.11 Å². The van der Waals surface area contributed by atoms with Crippen molar-refractivity contribution in [3.05, 3.63) is 25.3 Å². The quantitative estimate of drug-likeness (QED) is 0.242. The maximum atomic E-state index is 6.38. The number of unbranched alkanes of at least 4 members (excludes halogenated alkanes) is 2. The van der Waals surface area contributed by atoms with Crippen LogP contribution in [0.15, 0.2) is 25.3 Å². The summed E-state index contributed by atoms with van der Waals surface area (Å²) in [5, 5.41) is 0. The lowest BCUT2D eigenvalue weighted by atomic mass is 9.53. The maximum Gasteiger partial charge on any atom is 0.0917 e. The first kappa shape index (κ1) is 23.7. The Labute approximate surface area is 176 Å². The summed E-state index contributed by atoms with van der Waals surface area (Å²) in [5.41, 5.74) is 0.298. The molecule has 0 amide bonds. The topological polar surface area (TPSA) is 9.23 Å². The van der Waals surface area contributed by atoms with E-state index >= 15 is 0 Å². The Bertz CT molecular complexity index is 494. The Morgan fingerprint density at radius 1 is 1.04 bits per heavy atom.